The van der Waals surface area contributed by atoms with Gasteiger partial charge < -0.3 is 19.8 Å². The number of phosphoric acid groups is 1. The predicted octanol–water partition coefficient (Wildman–Crippen LogP) is 21.9. The predicted molar refractivity (Wildman–Crippen MR) is 359 cm³/mol. The number of carbonyl (C=O) groups is 1. The number of aliphatic hydroxyl groups is 1. The van der Waals surface area contributed by atoms with Crippen molar-refractivity contribution in [2.75, 3.05) is 40.9 Å². The summed E-state index contributed by atoms with van der Waals surface area (Å²) < 4.78 is 23.8. The van der Waals surface area contributed by atoms with Crippen LogP contribution >= 0.6 is 7.82 Å². The summed E-state index contributed by atoms with van der Waals surface area (Å²) in [4.78, 5) is 23.4. The molecular formula is C73H132N2O6P+. The minimum atomic E-state index is -4.37. The van der Waals surface area contributed by atoms with Crippen LogP contribution in [-0.4, -0.2) is 73.4 Å². The van der Waals surface area contributed by atoms with Gasteiger partial charge in [-0.1, -0.05) is 309 Å². The molecule has 0 spiro atoms. The van der Waals surface area contributed by atoms with Crippen molar-refractivity contribution in [1.29, 1.82) is 0 Å². The second-order valence-corrected chi connectivity index (χ2v) is 25.6. The summed E-state index contributed by atoms with van der Waals surface area (Å²) in [7, 11) is 1.54. The summed E-state index contributed by atoms with van der Waals surface area (Å²) >= 11 is 0. The van der Waals surface area contributed by atoms with Gasteiger partial charge in [-0.2, -0.15) is 0 Å². The lowest BCUT2D eigenvalue weighted by molar-refractivity contribution is -0.870. The van der Waals surface area contributed by atoms with Gasteiger partial charge in [-0.25, -0.2) is 4.57 Å². The summed E-state index contributed by atoms with van der Waals surface area (Å²) in [5.41, 5.74) is 0. The van der Waals surface area contributed by atoms with Crippen LogP contribution in [-0.2, 0) is 18.4 Å². The van der Waals surface area contributed by atoms with Gasteiger partial charge in [0, 0.05) is 6.42 Å². The molecule has 0 saturated heterocycles. The van der Waals surface area contributed by atoms with Gasteiger partial charge in [0.15, 0.2) is 0 Å². The largest absolute Gasteiger partial charge is 0.472 e. The highest BCUT2D eigenvalue weighted by Crippen LogP contribution is 2.43. The number of aliphatic hydroxyl groups excluding tert-OH is 1. The molecule has 0 aliphatic carbocycles. The van der Waals surface area contributed by atoms with E-state index in [4.69, 9.17) is 9.05 Å². The first-order valence-corrected chi connectivity index (χ1v) is 35.8. The highest BCUT2D eigenvalue weighted by molar-refractivity contribution is 7.47. The Morgan fingerprint density at radius 3 is 1.12 bits per heavy atom. The number of nitrogens with one attached hydrogen (secondary N) is 1. The minimum absolute atomic E-state index is 0.0484. The number of amides is 1. The molecule has 0 heterocycles. The maximum absolute atomic E-state index is 13.0. The highest BCUT2D eigenvalue weighted by atomic mass is 31.2. The minimum Gasteiger partial charge on any atom is -0.387 e. The Morgan fingerprint density at radius 2 is 0.744 bits per heavy atom. The van der Waals surface area contributed by atoms with E-state index in [1.54, 1.807) is 6.08 Å². The number of nitrogens with zero attached hydrogens (tertiary/aromatic N) is 1. The number of rotatable bonds is 62. The van der Waals surface area contributed by atoms with Crippen LogP contribution < -0.4 is 5.32 Å². The number of unbranched alkanes of at least 4 members (excludes halogenated alkanes) is 33. The van der Waals surface area contributed by atoms with Crippen LogP contribution in [0.15, 0.2) is 109 Å². The third kappa shape index (κ3) is 64.7. The molecule has 0 fully saturated rings. The van der Waals surface area contributed by atoms with Gasteiger partial charge in [0.25, 0.3) is 0 Å². The van der Waals surface area contributed by atoms with Crippen molar-refractivity contribution < 1.29 is 32.9 Å². The lowest BCUT2D eigenvalue weighted by Gasteiger charge is -2.25. The van der Waals surface area contributed by atoms with Crippen LogP contribution in [0.5, 0.6) is 0 Å². The summed E-state index contributed by atoms with van der Waals surface area (Å²) in [6.07, 6.45) is 92.3. The Balaban J connectivity index is 4.19. The topological polar surface area (TPSA) is 105 Å². The van der Waals surface area contributed by atoms with Crippen molar-refractivity contribution in [1.82, 2.24) is 5.32 Å². The zero-order valence-electron chi connectivity index (χ0n) is 54.2. The summed E-state index contributed by atoms with van der Waals surface area (Å²) in [5, 5.41) is 14.0. The molecule has 0 aliphatic rings. The number of quaternary nitrogens is 1. The van der Waals surface area contributed by atoms with E-state index >= 15 is 0 Å². The van der Waals surface area contributed by atoms with Crippen LogP contribution in [0.3, 0.4) is 0 Å². The normalized spacial score (nSPS) is 14.4. The molecule has 3 atom stereocenters. The van der Waals surface area contributed by atoms with Gasteiger partial charge in [0.05, 0.1) is 39.9 Å². The molecule has 3 unspecified atom stereocenters. The maximum Gasteiger partial charge on any atom is 0.472 e. The number of likely N-dealkylation sites (N-methyl/N-ethyl adjacent to an activating group) is 1. The first-order valence-electron chi connectivity index (χ1n) is 34.3. The molecule has 8 nitrogen and oxygen atoms in total. The highest BCUT2D eigenvalue weighted by Gasteiger charge is 2.28. The van der Waals surface area contributed by atoms with Crippen molar-refractivity contribution >= 4 is 13.7 Å². The molecule has 0 rings (SSSR count). The van der Waals surface area contributed by atoms with E-state index in [0.29, 0.717) is 17.4 Å². The molecule has 3 N–H and O–H groups in total. The first kappa shape index (κ1) is 79.2. The van der Waals surface area contributed by atoms with Crippen LogP contribution in [0, 0.1) is 0 Å². The number of phosphoric ester groups is 1. The van der Waals surface area contributed by atoms with E-state index in [0.717, 1.165) is 96.3 Å². The van der Waals surface area contributed by atoms with Crippen LogP contribution in [0.1, 0.15) is 296 Å². The standard InChI is InChI=1S/C73H131N2O6P/c1-6-8-10-12-14-16-18-20-22-24-26-28-30-32-34-36-37-39-40-42-44-46-48-50-52-54-56-58-60-62-64-66-72(76)71(70-81-82(78,79)80-69-68-75(3,4)5)74-73(77)67-65-63-61-59-57-55-53-51-49-47-45-43-41-38-35-33-31-29-27-25-23-21-19-17-15-13-11-9-7-2/h9,11,15,17,21,23,27,29,33,35,41,43,47,49,56,58,64,66,71-72,76H,6-8,10,12-14,16,18-20,22,24-26,28,30-32,34,36-40,42,44-46,48,50-55,57,59-63,65,67-70H2,1-5H3,(H-,74,77,78,79)/p+1/b11-9-,17-15-,23-21-,29-27-,35-33-,43-41-,49-47-,58-56+,66-64+. The third-order valence-corrected chi connectivity index (χ3v) is 16.0. The quantitative estimate of drug-likeness (QED) is 0.0243. The van der Waals surface area contributed by atoms with Gasteiger partial charge >= 0.3 is 7.82 Å². The lowest BCUT2D eigenvalue weighted by atomic mass is 10.0. The Hall–Kier alpha value is -2.84. The van der Waals surface area contributed by atoms with E-state index in [-0.39, 0.29) is 19.1 Å². The average molecular weight is 1160 g/mol. The SMILES string of the molecule is CC/C=C\C/C=C\C/C=C\C/C=C\C/C=C\C/C=C\C/C=C\CCCCCCCCCC(=O)NC(COP(=O)(O)OCC[N+](C)(C)C)C(O)/C=C/CC/C=C/CCCCCCCCCCCCCCCCCCCCCCCCCCC. The van der Waals surface area contributed by atoms with Gasteiger partial charge in [0.2, 0.25) is 5.91 Å². The summed E-state index contributed by atoms with van der Waals surface area (Å²) in [6, 6.07) is -0.880. The first-order chi connectivity index (χ1) is 40.0. The van der Waals surface area contributed by atoms with E-state index in [1.807, 2.05) is 27.2 Å². The fraction of sp³-hybridized carbons (Fsp3) is 0.740. The summed E-state index contributed by atoms with van der Waals surface area (Å²) in [6.45, 7) is 4.69. The molecule has 1 amide bonds. The Morgan fingerprint density at radius 1 is 0.427 bits per heavy atom. The van der Waals surface area contributed by atoms with Crippen LogP contribution in [0.25, 0.3) is 0 Å². The maximum atomic E-state index is 13.0. The van der Waals surface area contributed by atoms with Crippen molar-refractivity contribution in [3.05, 3.63) is 109 Å². The van der Waals surface area contributed by atoms with E-state index in [1.165, 1.54) is 180 Å². The van der Waals surface area contributed by atoms with Crippen molar-refractivity contribution in [3.63, 3.8) is 0 Å². The Bertz CT molecular complexity index is 1700. The molecule has 0 aliphatic heterocycles. The lowest BCUT2D eigenvalue weighted by Crippen LogP contribution is -2.45. The summed E-state index contributed by atoms with van der Waals surface area (Å²) in [5.74, 6) is -0.200. The van der Waals surface area contributed by atoms with Crippen molar-refractivity contribution in [3.8, 4) is 0 Å². The number of carbonyl (C=O) groups excluding carboxylic acids is 1. The molecule has 474 valence electrons. The molecule has 0 saturated carbocycles. The van der Waals surface area contributed by atoms with Gasteiger partial charge in [-0.3, -0.25) is 13.8 Å². The van der Waals surface area contributed by atoms with Gasteiger partial charge in [0.1, 0.15) is 13.2 Å². The molecule has 82 heavy (non-hydrogen) atoms. The van der Waals surface area contributed by atoms with Crippen LogP contribution in [0.2, 0.25) is 0 Å². The monoisotopic (exact) mass is 1160 g/mol. The van der Waals surface area contributed by atoms with E-state index < -0.39 is 20.0 Å². The molecule has 0 radical (unpaired) electrons. The van der Waals surface area contributed by atoms with Gasteiger partial charge in [-0.15, -0.1) is 0 Å². The molecule has 0 aromatic carbocycles. The third-order valence-electron chi connectivity index (χ3n) is 15.0. The molecule has 0 aromatic heterocycles. The van der Waals surface area contributed by atoms with Crippen molar-refractivity contribution in [2.45, 2.75) is 309 Å². The van der Waals surface area contributed by atoms with Gasteiger partial charge in [-0.05, 0) is 89.9 Å². The number of allylic oxidation sites excluding steroid dienone is 17. The Kier molecular flexibility index (Phi) is 60.5. The average Bonchev–Trinajstić information content (AvgIpc) is 3.47. The van der Waals surface area contributed by atoms with E-state index in [2.05, 4.69) is 116 Å². The molecule has 9 heteroatoms. The number of hydrogen-bond donors (Lipinski definition) is 3. The van der Waals surface area contributed by atoms with E-state index in [9.17, 15) is 19.4 Å². The zero-order chi connectivity index (χ0) is 59.8. The number of hydrogen-bond acceptors (Lipinski definition) is 5. The Labute approximate surface area is 508 Å². The van der Waals surface area contributed by atoms with Crippen LogP contribution in [0.4, 0.5) is 0 Å². The fourth-order valence-corrected chi connectivity index (χ4v) is 10.4. The fourth-order valence-electron chi connectivity index (χ4n) is 9.69. The van der Waals surface area contributed by atoms with Crippen molar-refractivity contribution in [2.24, 2.45) is 0 Å². The second-order valence-electron chi connectivity index (χ2n) is 24.2. The second kappa shape index (κ2) is 62.7. The smallest absolute Gasteiger partial charge is 0.387 e. The zero-order valence-corrected chi connectivity index (χ0v) is 55.1. The molecule has 0 aromatic rings. The molecule has 0 bridgehead atoms. The molecular weight excluding hydrogens is 1030 g/mol.